The fourth-order valence-electron chi connectivity index (χ4n) is 1.67. The Morgan fingerprint density at radius 3 is 3.05 bits per heavy atom. The number of methoxy groups -OCH3 is 1. The third-order valence-corrected chi connectivity index (χ3v) is 3.54. The molecule has 3 amide bonds. The lowest BCUT2D eigenvalue weighted by Crippen LogP contribution is -2.40. The molecule has 0 aliphatic heterocycles. The van der Waals surface area contributed by atoms with Gasteiger partial charge in [-0.2, -0.15) is 0 Å². The van der Waals surface area contributed by atoms with Gasteiger partial charge in [0.25, 0.3) is 0 Å². The van der Waals surface area contributed by atoms with E-state index in [-0.39, 0.29) is 5.75 Å². The molecule has 22 heavy (non-hydrogen) atoms. The summed E-state index contributed by atoms with van der Waals surface area (Å²) in [4.78, 5) is 30.4. The number of carbonyl (C=O) groups is 2. The molecule has 1 aromatic heterocycles. The molecular weight excluding hydrogens is 304 g/mol. The lowest BCUT2D eigenvalue weighted by Gasteiger charge is -2.03. The predicted molar refractivity (Wildman–Crippen MR) is 85.1 cm³/mol. The van der Waals surface area contributed by atoms with E-state index in [1.807, 2.05) is 18.2 Å². The second-order valence-corrected chi connectivity index (χ2v) is 5.22. The zero-order valence-corrected chi connectivity index (χ0v) is 12.8. The van der Waals surface area contributed by atoms with Crippen LogP contribution in [0.15, 0.2) is 36.0 Å². The molecule has 0 saturated heterocycles. The first-order chi connectivity index (χ1) is 10.6. The summed E-state index contributed by atoms with van der Waals surface area (Å²) < 4.78 is 5.14. The van der Waals surface area contributed by atoms with Crippen molar-refractivity contribution in [3.05, 3.63) is 30.9 Å². The smallest absolute Gasteiger partial charge is 0.321 e. The van der Waals surface area contributed by atoms with Crippen LogP contribution in [0.5, 0.6) is 5.75 Å². The standard InChI is InChI=1S/C14H16N4O3S/c1-3-6-15-13(20)18-12(19)8-22-14-16-10-5-4-9(21-2)7-11(10)17-14/h3-5,7H,1,6,8H2,2H3,(H,16,17)(H2,15,18,19,20). The minimum Gasteiger partial charge on any atom is -0.497 e. The molecule has 0 radical (unpaired) electrons. The molecule has 0 unspecified atom stereocenters. The van der Waals surface area contributed by atoms with Crippen molar-refractivity contribution >= 4 is 34.7 Å². The van der Waals surface area contributed by atoms with Gasteiger partial charge >= 0.3 is 6.03 Å². The summed E-state index contributed by atoms with van der Waals surface area (Å²) in [7, 11) is 1.59. The number of fused-ring (bicyclic) bond motifs is 1. The number of urea groups is 1. The molecule has 0 aliphatic carbocycles. The monoisotopic (exact) mass is 320 g/mol. The molecule has 8 heteroatoms. The van der Waals surface area contributed by atoms with Gasteiger partial charge in [-0.15, -0.1) is 6.58 Å². The van der Waals surface area contributed by atoms with Gasteiger partial charge in [-0.3, -0.25) is 10.1 Å². The molecule has 2 aromatic rings. The number of carbonyl (C=O) groups excluding carboxylic acids is 2. The number of benzene rings is 1. The third kappa shape index (κ3) is 4.26. The highest BCUT2D eigenvalue weighted by molar-refractivity contribution is 7.99. The normalized spacial score (nSPS) is 10.2. The topological polar surface area (TPSA) is 96.1 Å². The highest BCUT2D eigenvalue weighted by Crippen LogP contribution is 2.22. The van der Waals surface area contributed by atoms with Crippen LogP contribution in [0.25, 0.3) is 11.0 Å². The number of hydrogen-bond acceptors (Lipinski definition) is 5. The fraction of sp³-hybridized carbons (Fsp3) is 0.214. The van der Waals surface area contributed by atoms with Crippen LogP contribution in [0.3, 0.4) is 0 Å². The molecular formula is C14H16N4O3S. The van der Waals surface area contributed by atoms with Crippen LogP contribution in [-0.2, 0) is 4.79 Å². The summed E-state index contributed by atoms with van der Waals surface area (Å²) in [5.74, 6) is 0.410. The Bertz CT molecular complexity index is 698. The fourth-order valence-corrected chi connectivity index (χ4v) is 2.35. The van der Waals surface area contributed by atoms with Crippen LogP contribution in [0.4, 0.5) is 4.79 Å². The SMILES string of the molecule is C=CCNC(=O)NC(=O)CSc1nc2ccc(OC)cc2[nH]1. The van der Waals surface area contributed by atoms with Crippen LogP contribution in [0.1, 0.15) is 0 Å². The van der Waals surface area contributed by atoms with Gasteiger partial charge in [-0.1, -0.05) is 17.8 Å². The summed E-state index contributed by atoms with van der Waals surface area (Å²) in [6.45, 7) is 3.77. The number of ether oxygens (including phenoxy) is 1. The molecule has 0 aliphatic rings. The van der Waals surface area contributed by atoms with E-state index in [1.54, 1.807) is 7.11 Å². The van der Waals surface area contributed by atoms with Crippen molar-refractivity contribution in [1.82, 2.24) is 20.6 Å². The van der Waals surface area contributed by atoms with Crippen molar-refractivity contribution in [3.63, 3.8) is 0 Å². The Morgan fingerprint density at radius 1 is 1.50 bits per heavy atom. The molecule has 0 spiro atoms. The highest BCUT2D eigenvalue weighted by atomic mass is 32.2. The van der Waals surface area contributed by atoms with Gasteiger partial charge in [0.1, 0.15) is 5.75 Å². The summed E-state index contributed by atoms with van der Waals surface area (Å²) >= 11 is 1.21. The molecule has 0 saturated carbocycles. The number of amides is 3. The van der Waals surface area contributed by atoms with Gasteiger partial charge in [-0.05, 0) is 12.1 Å². The maximum atomic E-state index is 11.6. The quantitative estimate of drug-likeness (QED) is 0.556. The number of thioether (sulfide) groups is 1. The second-order valence-electron chi connectivity index (χ2n) is 4.26. The van der Waals surface area contributed by atoms with E-state index in [2.05, 4.69) is 27.2 Å². The van der Waals surface area contributed by atoms with E-state index in [0.717, 1.165) is 16.8 Å². The molecule has 116 valence electrons. The first-order valence-electron chi connectivity index (χ1n) is 6.47. The van der Waals surface area contributed by atoms with Crippen molar-refractivity contribution in [2.24, 2.45) is 0 Å². The van der Waals surface area contributed by atoms with Crippen LogP contribution >= 0.6 is 11.8 Å². The molecule has 0 bridgehead atoms. The average Bonchev–Trinajstić information content (AvgIpc) is 2.92. The summed E-state index contributed by atoms with van der Waals surface area (Å²) in [6.07, 6.45) is 1.53. The van der Waals surface area contributed by atoms with E-state index in [1.165, 1.54) is 17.8 Å². The third-order valence-electron chi connectivity index (χ3n) is 2.67. The lowest BCUT2D eigenvalue weighted by molar-refractivity contribution is -0.117. The van der Waals surface area contributed by atoms with E-state index < -0.39 is 11.9 Å². The Balaban J connectivity index is 1.89. The summed E-state index contributed by atoms with van der Waals surface area (Å²) in [5, 5.41) is 5.28. The first-order valence-corrected chi connectivity index (χ1v) is 7.46. The van der Waals surface area contributed by atoms with E-state index in [9.17, 15) is 9.59 Å². The number of imide groups is 1. The van der Waals surface area contributed by atoms with E-state index >= 15 is 0 Å². The number of nitrogens with zero attached hydrogens (tertiary/aromatic N) is 1. The largest absolute Gasteiger partial charge is 0.497 e. The van der Waals surface area contributed by atoms with E-state index in [4.69, 9.17) is 4.74 Å². The number of aromatic nitrogens is 2. The minimum atomic E-state index is -0.542. The number of rotatable bonds is 6. The number of hydrogen-bond donors (Lipinski definition) is 3. The second kappa shape index (κ2) is 7.51. The Kier molecular flexibility index (Phi) is 5.42. The minimum absolute atomic E-state index is 0.0818. The first kappa shape index (κ1) is 15.9. The molecule has 3 N–H and O–H groups in total. The zero-order valence-electron chi connectivity index (χ0n) is 12.0. The Morgan fingerprint density at radius 2 is 2.32 bits per heavy atom. The Labute approximate surface area is 131 Å². The maximum Gasteiger partial charge on any atom is 0.321 e. The van der Waals surface area contributed by atoms with Gasteiger partial charge in [0.05, 0.1) is 23.9 Å². The van der Waals surface area contributed by atoms with Crippen molar-refractivity contribution in [2.45, 2.75) is 5.16 Å². The summed E-state index contributed by atoms with van der Waals surface area (Å²) in [6, 6.07) is 4.93. The van der Waals surface area contributed by atoms with Crippen LogP contribution < -0.4 is 15.4 Å². The number of imidazole rings is 1. The predicted octanol–water partition coefficient (Wildman–Crippen LogP) is 1.68. The Hall–Kier alpha value is -2.48. The van der Waals surface area contributed by atoms with Crippen molar-refractivity contribution in [3.8, 4) is 5.75 Å². The molecule has 7 nitrogen and oxygen atoms in total. The van der Waals surface area contributed by atoms with Gasteiger partial charge in [0.2, 0.25) is 5.91 Å². The molecule has 2 rings (SSSR count). The average molecular weight is 320 g/mol. The van der Waals surface area contributed by atoms with E-state index in [0.29, 0.717) is 11.7 Å². The van der Waals surface area contributed by atoms with Crippen molar-refractivity contribution in [1.29, 1.82) is 0 Å². The molecule has 1 heterocycles. The number of aromatic amines is 1. The van der Waals surface area contributed by atoms with Crippen molar-refractivity contribution < 1.29 is 14.3 Å². The molecule has 0 fully saturated rings. The number of H-pyrrole nitrogens is 1. The number of nitrogens with one attached hydrogen (secondary N) is 3. The molecule has 1 aromatic carbocycles. The maximum absolute atomic E-state index is 11.6. The van der Waals surface area contributed by atoms with Gasteiger partial charge in [-0.25, -0.2) is 9.78 Å². The van der Waals surface area contributed by atoms with Crippen LogP contribution in [-0.4, -0.2) is 41.3 Å². The highest BCUT2D eigenvalue weighted by Gasteiger charge is 2.10. The zero-order chi connectivity index (χ0) is 15.9. The van der Waals surface area contributed by atoms with Crippen molar-refractivity contribution in [2.75, 3.05) is 19.4 Å². The molecule has 0 atom stereocenters. The summed E-state index contributed by atoms with van der Waals surface area (Å²) in [5.41, 5.74) is 1.61. The van der Waals surface area contributed by atoms with Gasteiger partial charge in [0, 0.05) is 12.6 Å². The lowest BCUT2D eigenvalue weighted by atomic mass is 10.3. The van der Waals surface area contributed by atoms with Crippen LogP contribution in [0.2, 0.25) is 0 Å². The van der Waals surface area contributed by atoms with Gasteiger partial charge < -0.3 is 15.0 Å². The van der Waals surface area contributed by atoms with Gasteiger partial charge in [0.15, 0.2) is 5.16 Å². The van der Waals surface area contributed by atoms with Crippen LogP contribution in [0, 0.1) is 0 Å².